The van der Waals surface area contributed by atoms with Crippen LogP contribution in [0.1, 0.15) is 22.1 Å². The van der Waals surface area contributed by atoms with Gasteiger partial charge in [-0.05, 0) is 47.0 Å². The van der Waals surface area contributed by atoms with E-state index in [1.165, 1.54) is 18.2 Å². The molecule has 0 atom stereocenters. The standard InChI is InChI=1S/C25H18N2O4.Na.H/c28-23-14-18(19-7-4-12-26-15-19)9-11-21(23)24(29)27-22-13-17(8-10-20(22)25(30)31)16-5-2-1-3-6-16;;/h1-15,28H,(H,27,29)(H,30,31);;/q;+1;-1. The SMILES string of the molecule is O=C(Nc1cc(-c2ccccc2)ccc1C(=O)O)c1ccc(-c2cccnc2)cc1O.[H-].[Na+]. The van der Waals surface area contributed by atoms with Crippen molar-refractivity contribution < 1.29 is 50.8 Å². The fraction of sp³-hybridized carbons (Fsp3) is 0. The first kappa shape index (κ1) is 23.2. The molecule has 1 amide bonds. The number of hydrogen-bond donors (Lipinski definition) is 3. The van der Waals surface area contributed by atoms with Gasteiger partial charge in [0.25, 0.3) is 5.91 Å². The van der Waals surface area contributed by atoms with Crippen molar-refractivity contribution in [1.82, 2.24) is 4.98 Å². The molecule has 0 radical (unpaired) electrons. The van der Waals surface area contributed by atoms with Crippen molar-refractivity contribution in [1.29, 1.82) is 0 Å². The summed E-state index contributed by atoms with van der Waals surface area (Å²) in [5.41, 5.74) is 3.30. The van der Waals surface area contributed by atoms with Gasteiger partial charge in [-0.3, -0.25) is 9.78 Å². The normalized spacial score (nSPS) is 10.1. The summed E-state index contributed by atoms with van der Waals surface area (Å²) in [6, 6.07) is 22.5. The number of rotatable bonds is 5. The van der Waals surface area contributed by atoms with Crippen LogP contribution in [0.25, 0.3) is 22.3 Å². The van der Waals surface area contributed by atoms with Crippen LogP contribution in [-0.2, 0) is 0 Å². The van der Waals surface area contributed by atoms with Crippen LogP contribution in [0.4, 0.5) is 5.69 Å². The maximum atomic E-state index is 12.8. The molecule has 3 aromatic carbocycles. The number of pyridine rings is 1. The van der Waals surface area contributed by atoms with Crippen LogP contribution in [0.3, 0.4) is 0 Å². The third kappa shape index (κ3) is 5.06. The smallest absolute Gasteiger partial charge is 1.00 e. The molecule has 0 saturated carbocycles. The molecule has 32 heavy (non-hydrogen) atoms. The van der Waals surface area contributed by atoms with E-state index in [1.807, 2.05) is 36.4 Å². The van der Waals surface area contributed by atoms with Gasteiger partial charge in [0.1, 0.15) is 5.75 Å². The first-order chi connectivity index (χ1) is 15.0. The van der Waals surface area contributed by atoms with E-state index in [1.54, 1.807) is 36.7 Å². The number of carbonyl (C=O) groups excluding carboxylic acids is 1. The number of aromatic carboxylic acids is 1. The van der Waals surface area contributed by atoms with E-state index in [0.717, 1.165) is 16.7 Å². The van der Waals surface area contributed by atoms with Crippen LogP contribution < -0.4 is 34.9 Å². The van der Waals surface area contributed by atoms with Crippen molar-refractivity contribution >= 4 is 17.6 Å². The molecule has 0 aliphatic heterocycles. The Morgan fingerprint density at radius 3 is 2.06 bits per heavy atom. The van der Waals surface area contributed by atoms with Gasteiger partial charge in [0.2, 0.25) is 0 Å². The van der Waals surface area contributed by atoms with Crippen LogP contribution in [-0.4, -0.2) is 27.1 Å². The first-order valence-electron chi connectivity index (χ1n) is 9.50. The van der Waals surface area contributed by atoms with Crippen molar-refractivity contribution in [2.24, 2.45) is 0 Å². The van der Waals surface area contributed by atoms with E-state index in [-0.39, 0.29) is 53.5 Å². The predicted molar refractivity (Wildman–Crippen MR) is 119 cm³/mol. The number of anilines is 1. The second-order valence-corrected chi connectivity index (χ2v) is 6.86. The molecule has 1 heterocycles. The summed E-state index contributed by atoms with van der Waals surface area (Å²) in [7, 11) is 0. The second kappa shape index (κ2) is 10.2. The van der Waals surface area contributed by atoms with Crippen molar-refractivity contribution in [3.63, 3.8) is 0 Å². The monoisotopic (exact) mass is 434 g/mol. The maximum absolute atomic E-state index is 12.8. The number of phenolic OH excluding ortho intramolecular Hbond substituents is 1. The van der Waals surface area contributed by atoms with Crippen molar-refractivity contribution in [3.8, 4) is 28.0 Å². The van der Waals surface area contributed by atoms with Crippen molar-refractivity contribution in [3.05, 3.63) is 102 Å². The minimum Gasteiger partial charge on any atom is -1.00 e. The Kier molecular flexibility index (Phi) is 7.43. The molecule has 1 aromatic heterocycles. The molecule has 0 unspecified atom stereocenters. The van der Waals surface area contributed by atoms with Gasteiger partial charge in [-0.1, -0.05) is 48.5 Å². The average Bonchev–Trinajstić information content (AvgIpc) is 2.80. The first-order valence-corrected chi connectivity index (χ1v) is 9.50. The molecule has 0 aliphatic rings. The summed E-state index contributed by atoms with van der Waals surface area (Å²) in [6.45, 7) is 0. The Labute approximate surface area is 208 Å². The zero-order valence-electron chi connectivity index (χ0n) is 18.3. The summed E-state index contributed by atoms with van der Waals surface area (Å²) >= 11 is 0. The predicted octanol–water partition coefficient (Wildman–Crippen LogP) is 2.19. The van der Waals surface area contributed by atoms with Gasteiger partial charge >= 0.3 is 35.5 Å². The Morgan fingerprint density at radius 1 is 0.781 bits per heavy atom. The van der Waals surface area contributed by atoms with Crippen molar-refractivity contribution in [2.45, 2.75) is 0 Å². The van der Waals surface area contributed by atoms with E-state index >= 15 is 0 Å². The van der Waals surface area contributed by atoms with Crippen LogP contribution in [0.15, 0.2) is 91.3 Å². The number of aromatic hydroxyl groups is 1. The Bertz CT molecular complexity index is 1270. The van der Waals surface area contributed by atoms with E-state index in [9.17, 15) is 19.8 Å². The van der Waals surface area contributed by atoms with Gasteiger partial charge in [-0.2, -0.15) is 0 Å². The van der Waals surface area contributed by atoms with Gasteiger partial charge in [-0.25, -0.2) is 4.79 Å². The third-order valence-corrected chi connectivity index (χ3v) is 4.84. The number of nitrogens with one attached hydrogen (secondary N) is 1. The number of carboxylic acids is 1. The Balaban J connectivity index is 0.00000193. The molecule has 4 aromatic rings. The summed E-state index contributed by atoms with van der Waals surface area (Å²) in [5.74, 6) is -1.98. The van der Waals surface area contributed by atoms with E-state index < -0.39 is 11.9 Å². The quantitative estimate of drug-likeness (QED) is 0.418. The van der Waals surface area contributed by atoms with Gasteiger partial charge in [-0.15, -0.1) is 0 Å². The number of nitrogens with zero attached hydrogens (tertiary/aromatic N) is 1. The third-order valence-electron chi connectivity index (χ3n) is 4.84. The number of carbonyl (C=O) groups is 2. The Morgan fingerprint density at radius 2 is 1.44 bits per heavy atom. The number of benzene rings is 3. The number of hydrogen-bond acceptors (Lipinski definition) is 4. The summed E-state index contributed by atoms with van der Waals surface area (Å²) in [4.78, 5) is 28.5. The maximum Gasteiger partial charge on any atom is 1.00 e. The molecule has 0 bridgehead atoms. The number of carboxylic acid groups (broad SMARTS) is 1. The zero-order chi connectivity index (χ0) is 21.8. The van der Waals surface area contributed by atoms with Crippen LogP contribution in [0.5, 0.6) is 5.75 Å². The number of amides is 1. The molecule has 7 heteroatoms. The summed E-state index contributed by atoms with van der Waals surface area (Å²) in [6.07, 6.45) is 3.30. The van der Waals surface area contributed by atoms with Crippen molar-refractivity contribution in [2.75, 3.05) is 5.32 Å². The largest absolute Gasteiger partial charge is 1.00 e. The molecular weight excluding hydrogens is 415 g/mol. The van der Waals surface area contributed by atoms with Crippen LogP contribution in [0, 0.1) is 0 Å². The molecule has 0 saturated heterocycles. The zero-order valence-corrected chi connectivity index (χ0v) is 19.3. The van der Waals surface area contributed by atoms with Crippen LogP contribution >= 0.6 is 0 Å². The minimum absolute atomic E-state index is 0. The second-order valence-electron chi connectivity index (χ2n) is 6.86. The molecule has 0 spiro atoms. The fourth-order valence-electron chi connectivity index (χ4n) is 3.27. The average molecular weight is 434 g/mol. The Hall–Kier alpha value is -3.45. The van der Waals surface area contributed by atoms with Gasteiger partial charge in [0, 0.05) is 18.0 Å². The number of aromatic nitrogens is 1. The molecular formula is C25H19N2NaO4. The van der Waals surface area contributed by atoms with Gasteiger partial charge in [0.15, 0.2) is 0 Å². The summed E-state index contributed by atoms with van der Waals surface area (Å²) < 4.78 is 0. The van der Waals surface area contributed by atoms with Gasteiger partial charge in [0.05, 0.1) is 16.8 Å². The topological polar surface area (TPSA) is 99.5 Å². The van der Waals surface area contributed by atoms with Gasteiger partial charge < -0.3 is 17.0 Å². The fourth-order valence-corrected chi connectivity index (χ4v) is 3.27. The van der Waals surface area contributed by atoms with E-state index in [0.29, 0.717) is 5.56 Å². The molecule has 0 aliphatic carbocycles. The number of phenols is 1. The summed E-state index contributed by atoms with van der Waals surface area (Å²) in [5, 5.41) is 22.6. The molecule has 6 nitrogen and oxygen atoms in total. The van der Waals surface area contributed by atoms with Crippen LogP contribution in [0.2, 0.25) is 0 Å². The molecule has 154 valence electrons. The molecule has 3 N–H and O–H groups in total. The molecule has 0 fully saturated rings. The van der Waals surface area contributed by atoms with E-state index in [2.05, 4.69) is 10.3 Å². The van der Waals surface area contributed by atoms with E-state index in [4.69, 9.17) is 0 Å². The minimum atomic E-state index is -1.16. The molecule has 4 rings (SSSR count).